The van der Waals surface area contributed by atoms with Crippen LogP contribution in [0, 0.1) is 0 Å². The molecule has 0 radical (unpaired) electrons. The molecular weight excluding hydrogens is 282 g/mol. The van der Waals surface area contributed by atoms with Crippen molar-refractivity contribution in [3.8, 4) is 0 Å². The van der Waals surface area contributed by atoms with Crippen molar-refractivity contribution in [2.24, 2.45) is 0 Å². The Morgan fingerprint density at radius 1 is 1.23 bits per heavy atom. The highest BCUT2D eigenvalue weighted by Crippen LogP contribution is 2.11. The van der Waals surface area contributed by atoms with Crippen molar-refractivity contribution in [2.45, 2.75) is 13.0 Å². The highest BCUT2D eigenvalue weighted by molar-refractivity contribution is 5.78. The van der Waals surface area contributed by atoms with Crippen molar-refractivity contribution >= 4 is 11.9 Å². The second-order valence-corrected chi connectivity index (χ2v) is 5.83. The molecule has 2 fully saturated rings. The van der Waals surface area contributed by atoms with Gasteiger partial charge < -0.3 is 14.5 Å². The maximum absolute atomic E-state index is 12.4. The van der Waals surface area contributed by atoms with Crippen molar-refractivity contribution < 1.29 is 9.53 Å². The third kappa shape index (κ3) is 3.72. The van der Waals surface area contributed by atoms with Gasteiger partial charge in [-0.3, -0.25) is 9.69 Å². The number of ether oxygens (including phenoxy) is 1. The van der Waals surface area contributed by atoms with Gasteiger partial charge in [0.05, 0.1) is 19.3 Å². The van der Waals surface area contributed by atoms with E-state index in [1.165, 1.54) is 0 Å². The molecule has 7 heteroatoms. The number of amides is 1. The summed E-state index contributed by atoms with van der Waals surface area (Å²) in [6, 6.07) is 1.82. The lowest BCUT2D eigenvalue weighted by molar-refractivity contribution is -0.139. The van der Waals surface area contributed by atoms with E-state index < -0.39 is 0 Å². The van der Waals surface area contributed by atoms with Crippen LogP contribution in [0.1, 0.15) is 6.92 Å². The lowest BCUT2D eigenvalue weighted by atomic mass is 10.2. The number of nitrogens with zero attached hydrogens (tertiary/aromatic N) is 5. The Bertz CT molecular complexity index is 490. The van der Waals surface area contributed by atoms with Gasteiger partial charge in [0.15, 0.2) is 0 Å². The van der Waals surface area contributed by atoms with Gasteiger partial charge in [0.25, 0.3) is 0 Å². The number of rotatable bonds is 3. The Kier molecular flexibility index (Phi) is 4.84. The van der Waals surface area contributed by atoms with Crippen molar-refractivity contribution in [3.63, 3.8) is 0 Å². The monoisotopic (exact) mass is 305 g/mol. The van der Waals surface area contributed by atoms with E-state index in [1.807, 2.05) is 17.9 Å². The molecule has 3 rings (SSSR count). The zero-order valence-electron chi connectivity index (χ0n) is 13.0. The lowest BCUT2D eigenvalue weighted by Crippen LogP contribution is -2.52. The molecule has 1 atom stereocenters. The average Bonchev–Trinajstić information content (AvgIpc) is 2.56. The lowest BCUT2D eigenvalue weighted by Gasteiger charge is -2.36. The summed E-state index contributed by atoms with van der Waals surface area (Å²) in [5.74, 6) is 0.982. The number of piperazine rings is 1. The van der Waals surface area contributed by atoms with Crippen LogP contribution < -0.4 is 4.90 Å². The molecule has 0 unspecified atom stereocenters. The Labute approximate surface area is 130 Å². The smallest absolute Gasteiger partial charge is 0.236 e. The SMILES string of the molecule is C[C@@H]1CN(C(=O)CN2CCN(c3ncccn3)CC2)CCO1. The van der Waals surface area contributed by atoms with Crippen LogP contribution in [0.3, 0.4) is 0 Å². The Morgan fingerprint density at radius 2 is 1.95 bits per heavy atom. The molecule has 0 spiro atoms. The number of carbonyl (C=O) groups is 1. The normalized spacial score (nSPS) is 23.6. The summed E-state index contributed by atoms with van der Waals surface area (Å²) in [6.45, 7) is 8.01. The van der Waals surface area contributed by atoms with Gasteiger partial charge in [-0.05, 0) is 13.0 Å². The van der Waals surface area contributed by atoms with Crippen LogP contribution in [-0.4, -0.2) is 84.2 Å². The first-order valence-electron chi connectivity index (χ1n) is 7.86. The van der Waals surface area contributed by atoms with Crippen LogP contribution in [0.2, 0.25) is 0 Å². The predicted octanol–water partition coefficient (Wildman–Crippen LogP) is -0.154. The molecule has 22 heavy (non-hydrogen) atoms. The fraction of sp³-hybridized carbons (Fsp3) is 0.667. The Morgan fingerprint density at radius 3 is 2.64 bits per heavy atom. The fourth-order valence-corrected chi connectivity index (χ4v) is 2.90. The van der Waals surface area contributed by atoms with Crippen LogP contribution in [-0.2, 0) is 9.53 Å². The molecule has 3 heterocycles. The van der Waals surface area contributed by atoms with Crippen LogP contribution >= 0.6 is 0 Å². The van der Waals surface area contributed by atoms with Gasteiger partial charge in [-0.25, -0.2) is 9.97 Å². The largest absolute Gasteiger partial charge is 0.375 e. The topological polar surface area (TPSA) is 61.8 Å². The van der Waals surface area contributed by atoms with Crippen LogP contribution in [0.25, 0.3) is 0 Å². The molecule has 1 aromatic rings. The van der Waals surface area contributed by atoms with E-state index in [0.717, 1.165) is 32.1 Å². The average molecular weight is 305 g/mol. The van der Waals surface area contributed by atoms with Gasteiger partial charge in [-0.2, -0.15) is 0 Å². The van der Waals surface area contributed by atoms with Gasteiger partial charge in [-0.15, -0.1) is 0 Å². The van der Waals surface area contributed by atoms with Crippen LogP contribution in [0.4, 0.5) is 5.95 Å². The fourth-order valence-electron chi connectivity index (χ4n) is 2.90. The molecule has 0 saturated carbocycles. The number of morpholine rings is 1. The predicted molar refractivity (Wildman–Crippen MR) is 82.7 cm³/mol. The number of anilines is 1. The summed E-state index contributed by atoms with van der Waals surface area (Å²) >= 11 is 0. The number of carbonyl (C=O) groups excluding carboxylic acids is 1. The summed E-state index contributed by atoms with van der Waals surface area (Å²) in [4.78, 5) is 27.2. The van der Waals surface area contributed by atoms with Gasteiger partial charge in [-0.1, -0.05) is 0 Å². The van der Waals surface area contributed by atoms with E-state index in [0.29, 0.717) is 26.2 Å². The van der Waals surface area contributed by atoms with Crippen molar-refractivity contribution in [2.75, 3.05) is 57.3 Å². The van der Waals surface area contributed by atoms with E-state index in [4.69, 9.17) is 4.74 Å². The number of hydrogen-bond acceptors (Lipinski definition) is 6. The quantitative estimate of drug-likeness (QED) is 0.774. The Balaban J connectivity index is 1.46. The third-order valence-corrected chi connectivity index (χ3v) is 4.16. The van der Waals surface area contributed by atoms with Gasteiger partial charge in [0, 0.05) is 51.7 Å². The van der Waals surface area contributed by atoms with E-state index in [1.54, 1.807) is 12.4 Å². The van der Waals surface area contributed by atoms with Crippen LogP contribution in [0.5, 0.6) is 0 Å². The molecule has 2 saturated heterocycles. The first-order valence-corrected chi connectivity index (χ1v) is 7.86. The van der Waals surface area contributed by atoms with Crippen molar-refractivity contribution in [3.05, 3.63) is 18.5 Å². The van der Waals surface area contributed by atoms with Crippen molar-refractivity contribution in [1.82, 2.24) is 19.8 Å². The number of hydrogen-bond donors (Lipinski definition) is 0. The van der Waals surface area contributed by atoms with Crippen molar-refractivity contribution in [1.29, 1.82) is 0 Å². The molecule has 1 aromatic heterocycles. The molecule has 0 aliphatic carbocycles. The zero-order valence-corrected chi connectivity index (χ0v) is 13.0. The highest BCUT2D eigenvalue weighted by Gasteiger charge is 2.25. The number of aromatic nitrogens is 2. The molecular formula is C15H23N5O2. The summed E-state index contributed by atoms with van der Waals surface area (Å²) in [6.07, 6.45) is 3.67. The zero-order chi connectivity index (χ0) is 15.4. The standard InChI is InChI=1S/C15H23N5O2/c1-13-11-20(9-10-22-13)14(21)12-18-5-7-19(8-6-18)15-16-3-2-4-17-15/h2-4,13H,5-12H2,1H3/t13-/m1/s1. The second-order valence-electron chi connectivity index (χ2n) is 5.83. The van der Waals surface area contributed by atoms with E-state index in [9.17, 15) is 4.79 Å². The molecule has 1 amide bonds. The first kappa shape index (κ1) is 15.2. The minimum absolute atomic E-state index is 0.143. The second kappa shape index (κ2) is 7.02. The summed E-state index contributed by atoms with van der Waals surface area (Å²) in [5, 5.41) is 0. The molecule has 120 valence electrons. The van der Waals surface area contributed by atoms with Gasteiger partial charge in [0.2, 0.25) is 11.9 Å². The molecule has 0 bridgehead atoms. The Hall–Kier alpha value is -1.73. The molecule has 0 N–H and O–H groups in total. The molecule has 7 nitrogen and oxygen atoms in total. The summed E-state index contributed by atoms with van der Waals surface area (Å²) in [7, 11) is 0. The van der Waals surface area contributed by atoms with E-state index in [2.05, 4.69) is 19.8 Å². The molecule has 0 aromatic carbocycles. The summed E-state index contributed by atoms with van der Waals surface area (Å²) < 4.78 is 5.48. The van der Waals surface area contributed by atoms with Gasteiger partial charge in [0.1, 0.15) is 0 Å². The maximum Gasteiger partial charge on any atom is 0.236 e. The van der Waals surface area contributed by atoms with E-state index >= 15 is 0 Å². The third-order valence-electron chi connectivity index (χ3n) is 4.16. The van der Waals surface area contributed by atoms with Crippen LogP contribution in [0.15, 0.2) is 18.5 Å². The highest BCUT2D eigenvalue weighted by atomic mass is 16.5. The summed E-state index contributed by atoms with van der Waals surface area (Å²) in [5.41, 5.74) is 0. The minimum atomic E-state index is 0.143. The first-order chi connectivity index (χ1) is 10.7. The minimum Gasteiger partial charge on any atom is -0.375 e. The molecule has 2 aliphatic rings. The maximum atomic E-state index is 12.4. The van der Waals surface area contributed by atoms with E-state index in [-0.39, 0.29) is 12.0 Å². The van der Waals surface area contributed by atoms with Gasteiger partial charge >= 0.3 is 0 Å². The molecule has 2 aliphatic heterocycles.